The van der Waals surface area contributed by atoms with Crippen LogP contribution in [0, 0.1) is 21.4 Å². The SMILES string of the molecule is COCCCNC(=O)/C(C#N)=C/c1ccc(-c2ccc(Cl)cc2[N+](=O)[O-])o1. The van der Waals surface area contributed by atoms with Gasteiger partial charge in [-0.25, -0.2) is 0 Å². The molecule has 2 rings (SSSR count). The molecular weight excluding hydrogens is 374 g/mol. The zero-order valence-electron chi connectivity index (χ0n) is 14.4. The zero-order valence-corrected chi connectivity index (χ0v) is 15.2. The van der Waals surface area contributed by atoms with Crippen molar-refractivity contribution in [2.75, 3.05) is 20.3 Å². The fourth-order valence-corrected chi connectivity index (χ4v) is 2.41. The number of benzene rings is 1. The van der Waals surface area contributed by atoms with Gasteiger partial charge in [-0.05, 0) is 30.7 Å². The molecule has 0 spiro atoms. The molecule has 0 unspecified atom stereocenters. The first-order chi connectivity index (χ1) is 13.0. The number of nitrogens with one attached hydrogen (secondary N) is 1. The lowest BCUT2D eigenvalue weighted by atomic mass is 10.1. The van der Waals surface area contributed by atoms with Gasteiger partial charge in [0.25, 0.3) is 11.6 Å². The number of nitro benzene ring substituents is 1. The first kappa shape index (κ1) is 20.2. The van der Waals surface area contributed by atoms with Crippen molar-refractivity contribution in [3.05, 3.63) is 56.8 Å². The number of hydrogen-bond donors (Lipinski definition) is 1. The Hall–Kier alpha value is -3.15. The molecule has 0 aliphatic rings. The molecule has 1 heterocycles. The van der Waals surface area contributed by atoms with Gasteiger partial charge in [0.1, 0.15) is 23.2 Å². The van der Waals surface area contributed by atoms with Crippen LogP contribution in [0.1, 0.15) is 12.2 Å². The molecule has 2 aromatic rings. The third kappa shape index (κ3) is 5.41. The molecular formula is C18H16ClN3O5. The second-order valence-electron chi connectivity index (χ2n) is 5.39. The monoisotopic (exact) mass is 389 g/mol. The van der Waals surface area contributed by atoms with Crippen molar-refractivity contribution in [2.24, 2.45) is 0 Å². The highest BCUT2D eigenvalue weighted by Crippen LogP contribution is 2.33. The molecule has 0 saturated heterocycles. The van der Waals surface area contributed by atoms with Gasteiger partial charge < -0.3 is 14.5 Å². The summed E-state index contributed by atoms with van der Waals surface area (Å²) in [7, 11) is 1.56. The average molecular weight is 390 g/mol. The van der Waals surface area contributed by atoms with E-state index in [9.17, 15) is 20.2 Å². The minimum Gasteiger partial charge on any atom is -0.456 e. The fourth-order valence-electron chi connectivity index (χ4n) is 2.24. The predicted octanol–water partition coefficient (Wildman–Crippen LogP) is 3.57. The van der Waals surface area contributed by atoms with Crippen molar-refractivity contribution in [2.45, 2.75) is 6.42 Å². The molecule has 0 bridgehead atoms. The quantitative estimate of drug-likeness (QED) is 0.242. The van der Waals surface area contributed by atoms with Gasteiger partial charge in [-0.15, -0.1) is 0 Å². The Bertz CT molecular complexity index is 914. The smallest absolute Gasteiger partial charge is 0.281 e. The minimum absolute atomic E-state index is 0.140. The Morgan fingerprint density at radius 1 is 1.44 bits per heavy atom. The number of hydrogen-bond acceptors (Lipinski definition) is 6. The van der Waals surface area contributed by atoms with Crippen LogP contribution in [-0.4, -0.2) is 31.1 Å². The number of nitrogens with zero attached hydrogens (tertiary/aromatic N) is 2. The fraction of sp³-hybridized carbons (Fsp3) is 0.222. The van der Waals surface area contributed by atoms with Crippen LogP contribution in [0.15, 0.2) is 40.3 Å². The summed E-state index contributed by atoms with van der Waals surface area (Å²) in [5.41, 5.74) is -0.103. The summed E-state index contributed by atoms with van der Waals surface area (Å²) in [5.74, 6) is -0.0933. The molecule has 1 aromatic carbocycles. The molecule has 0 aliphatic heterocycles. The molecule has 0 fully saturated rings. The predicted molar refractivity (Wildman–Crippen MR) is 98.9 cm³/mol. The van der Waals surface area contributed by atoms with E-state index in [4.69, 9.17) is 20.8 Å². The minimum atomic E-state index is -0.562. The number of rotatable bonds is 8. The number of amides is 1. The Morgan fingerprint density at radius 2 is 2.22 bits per heavy atom. The summed E-state index contributed by atoms with van der Waals surface area (Å²) in [6.45, 7) is 0.860. The number of nitriles is 1. The highest BCUT2D eigenvalue weighted by atomic mass is 35.5. The van der Waals surface area contributed by atoms with E-state index in [1.165, 1.54) is 36.4 Å². The lowest BCUT2D eigenvalue weighted by Crippen LogP contribution is -2.26. The summed E-state index contributed by atoms with van der Waals surface area (Å²) in [6.07, 6.45) is 1.89. The number of ether oxygens (including phenoxy) is 1. The van der Waals surface area contributed by atoms with E-state index in [1.54, 1.807) is 7.11 Å². The van der Waals surface area contributed by atoms with E-state index < -0.39 is 10.8 Å². The van der Waals surface area contributed by atoms with E-state index in [2.05, 4.69) is 5.32 Å². The van der Waals surface area contributed by atoms with E-state index >= 15 is 0 Å². The van der Waals surface area contributed by atoms with E-state index in [1.807, 2.05) is 6.07 Å². The van der Waals surface area contributed by atoms with Crippen molar-refractivity contribution in [1.82, 2.24) is 5.32 Å². The number of nitro groups is 1. The maximum Gasteiger partial charge on any atom is 0.281 e. The number of carbonyl (C=O) groups is 1. The van der Waals surface area contributed by atoms with Crippen LogP contribution in [0.2, 0.25) is 5.02 Å². The van der Waals surface area contributed by atoms with Crippen LogP contribution in [0.25, 0.3) is 17.4 Å². The summed E-state index contributed by atoms with van der Waals surface area (Å²) < 4.78 is 10.4. The normalized spacial score (nSPS) is 11.1. The summed E-state index contributed by atoms with van der Waals surface area (Å²) in [4.78, 5) is 22.7. The Balaban J connectivity index is 2.22. The highest BCUT2D eigenvalue weighted by Gasteiger charge is 2.19. The van der Waals surface area contributed by atoms with Gasteiger partial charge in [0.2, 0.25) is 0 Å². The summed E-state index contributed by atoms with van der Waals surface area (Å²) >= 11 is 5.80. The van der Waals surface area contributed by atoms with Crippen molar-refractivity contribution in [1.29, 1.82) is 5.26 Å². The summed E-state index contributed by atoms with van der Waals surface area (Å²) in [5, 5.41) is 23.2. The molecule has 0 atom stereocenters. The van der Waals surface area contributed by atoms with Crippen molar-refractivity contribution >= 4 is 29.3 Å². The lowest BCUT2D eigenvalue weighted by molar-refractivity contribution is -0.384. The van der Waals surface area contributed by atoms with Gasteiger partial charge in [0.05, 0.1) is 10.5 Å². The average Bonchev–Trinajstić information content (AvgIpc) is 3.11. The summed E-state index contributed by atoms with van der Waals surface area (Å²) in [6, 6.07) is 9.06. The van der Waals surface area contributed by atoms with Crippen LogP contribution < -0.4 is 5.32 Å². The van der Waals surface area contributed by atoms with Crippen LogP contribution in [0.4, 0.5) is 5.69 Å². The Kier molecular flexibility index (Phi) is 7.11. The van der Waals surface area contributed by atoms with Gasteiger partial charge in [0, 0.05) is 37.4 Å². The molecule has 1 N–H and O–H groups in total. The number of methoxy groups -OCH3 is 1. The van der Waals surface area contributed by atoms with Crippen molar-refractivity contribution in [3.8, 4) is 17.4 Å². The molecule has 1 amide bonds. The van der Waals surface area contributed by atoms with Gasteiger partial charge in [-0.2, -0.15) is 5.26 Å². The Morgan fingerprint density at radius 3 is 2.89 bits per heavy atom. The first-order valence-electron chi connectivity index (χ1n) is 7.89. The van der Waals surface area contributed by atoms with Crippen LogP contribution in [0.3, 0.4) is 0 Å². The second kappa shape index (κ2) is 9.52. The number of halogens is 1. The third-order valence-electron chi connectivity index (χ3n) is 3.51. The van der Waals surface area contributed by atoms with Crippen LogP contribution >= 0.6 is 11.6 Å². The molecule has 0 radical (unpaired) electrons. The van der Waals surface area contributed by atoms with Crippen molar-refractivity contribution in [3.63, 3.8) is 0 Å². The molecule has 8 nitrogen and oxygen atoms in total. The van der Waals surface area contributed by atoms with Gasteiger partial charge >= 0.3 is 0 Å². The van der Waals surface area contributed by atoms with E-state index in [0.29, 0.717) is 19.6 Å². The Labute approximate surface area is 160 Å². The standard InChI is InChI=1S/C18H16ClN3O5/c1-26-8-2-7-21-18(23)12(11-20)9-14-4-6-17(27-14)15-5-3-13(19)10-16(15)22(24)25/h3-6,9-10H,2,7-8H2,1H3,(H,21,23)/b12-9+. The molecule has 0 aliphatic carbocycles. The van der Waals surface area contributed by atoms with Crippen molar-refractivity contribution < 1.29 is 18.9 Å². The molecule has 27 heavy (non-hydrogen) atoms. The van der Waals surface area contributed by atoms with Crippen LogP contribution in [-0.2, 0) is 9.53 Å². The maximum atomic E-state index is 12.0. The van der Waals surface area contributed by atoms with Gasteiger partial charge in [0.15, 0.2) is 0 Å². The number of furan rings is 1. The maximum absolute atomic E-state index is 12.0. The second-order valence-corrected chi connectivity index (χ2v) is 5.83. The topological polar surface area (TPSA) is 118 Å². The first-order valence-corrected chi connectivity index (χ1v) is 8.27. The molecule has 140 valence electrons. The highest BCUT2D eigenvalue weighted by molar-refractivity contribution is 6.30. The lowest BCUT2D eigenvalue weighted by Gasteiger charge is -2.03. The van der Waals surface area contributed by atoms with E-state index in [0.717, 1.165) is 0 Å². The molecule has 0 saturated carbocycles. The van der Waals surface area contributed by atoms with E-state index in [-0.39, 0.29) is 33.4 Å². The molecule has 9 heteroatoms. The van der Waals surface area contributed by atoms with Gasteiger partial charge in [-0.1, -0.05) is 11.6 Å². The number of carbonyl (C=O) groups excluding carboxylic acids is 1. The molecule has 1 aromatic heterocycles. The van der Waals surface area contributed by atoms with Gasteiger partial charge in [-0.3, -0.25) is 14.9 Å². The van der Waals surface area contributed by atoms with Crippen LogP contribution in [0.5, 0.6) is 0 Å². The zero-order chi connectivity index (χ0) is 19.8. The third-order valence-corrected chi connectivity index (χ3v) is 3.75. The largest absolute Gasteiger partial charge is 0.456 e.